The van der Waals surface area contributed by atoms with Gasteiger partial charge in [-0.05, 0) is 156 Å². The van der Waals surface area contributed by atoms with Gasteiger partial charge in [0.05, 0.1) is 0 Å². The number of hydrogen-bond donors (Lipinski definition) is 0. The zero-order valence-electron chi connectivity index (χ0n) is 32.3. The van der Waals surface area contributed by atoms with Gasteiger partial charge in [0.15, 0.2) is 0 Å². The van der Waals surface area contributed by atoms with E-state index in [0.717, 1.165) is 50.9 Å². The molecule has 0 aliphatic heterocycles. The maximum atomic E-state index is 3.55. The molecule has 4 saturated carbocycles. The number of rotatable bonds is 2. The van der Waals surface area contributed by atoms with Gasteiger partial charge in [-0.2, -0.15) is 0 Å². The number of benzene rings is 6. The molecule has 4 bridgehead atoms. The highest BCUT2D eigenvalue weighted by Gasteiger charge is 2.66. The predicted molar refractivity (Wildman–Crippen MR) is 230 cm³/mol. The summed E-state index contributed by atoms with van der Waals surface area (Å²) in [4.78, 5) is 0. The van der Waals surface area contributed by atoms with E-state index in [4.69, 9.17) is 0 Å². The summed E-state index contributed by atoms with van der Waals surface area (Å²) in [6.45, 7) is 5.13. The lowest BCUT2D eigenvalue weighted by atomic mass is 9.34. The van der Waals surface area contributed by atoms with Gasteiger partial charge in [0.2, 0.25) is 0 Å². The molecule has 4 aliphatic rings. The summed E-state index contributed by atoms with van der Waals surface area (Å²) < 4.78 is 0. The lowest BCUT2D eigenvalue weighted by Gasteiger charge is -2.70. The first-order valence-corrected chi connectivity index (χ1v) is 19.8. The van der Waals surface area contributed by atoms with E-state index in [0.29, 0.717) is 0 Å². The second-order valence-corrected chi connectivity index (χ2v) is 17.3. The molecule has 56 heavy (non-hydrogen) atoms. The van der Waals surface area contributed by atoms with Crippen LogP contribution in [0.25, 0.3) is 0 Å². The average molecular weight is 717 g/mol. The van der Waals surface area contributed by atoms with Gasteiger partial charge in [0, 0.05) is 44.5 Å². The van der Waals surface area contributed by atoms with E-state index < -0.39 is 0 Å². The summed E-state index contributed by atoms with van der Waals surface area (Å²) in [5.41, 5.74) is 11.4. The first-order valence-electron chi connectivity index (χ1n) is 19.8. The first-order chi connectivity index (χ1) is 27.3. The average Bonchev–Trinajstić information content (AvgIpc) is 3.21. The third-order valence-electron chi connectivity index (χ3n) is 12.2. The molecule has 10 rings (SSSR count). The van der Waals surface area contributed by atoms with E-state index in [-0.39, 0.29) is 21.7 Å². The third kappa shape index (κ3) is 7.46. The summed E-state index contributed by atoms with van der Waals surface area (Å²) in [5, 5.41) is 0. The van der Waals surface area contributed by atoms with Crippen molar-refractivity contribution >= 4 is 0 Å². The molecule has 0 aromatic heterocycles. The maximum Gasteiger partial charge on any atom is 0.0264 e. The molecule has 0 unspecified atom stereocenters. The first kappa shape index (κ1) is 35.3. The van der Waals surface area contributed by atoms with Gasteiger partial charge in [-0.1, -0.05) is 134 Å². The Kier molecular flexibility index (Phi) is 9.02. The van der Waals surface area contributed by atoms with Crippen LogP contribution >= 0.6 is 0 Å². The van der Waals surface area contributed by atoms with Crippen molar-refractivity contribution < 1.29 is 0 Å². The van der Waals surface area contributed by atoms with Crippen molar-refractivity contribution in [1.82, 2.24) is 0 Å². The summed E-state index contributed by atoms with van der Waals surface area (Å²) in [5.74, 6) is 28.0. The molecule has 0 amide bonds. The van der Waals surface area contributed by atoms with Crippen molar-refractivity contribution in [2.75, 3.05) is 0 Å². The molecule has 0 heteroatoms. The molecule has 6 aromatic rings. The van der Waals surface area contributed by atoms with Crippen molar-refractivity contribution in [3.63, 3.8) is 0 Å². The standard InChI is InChI=1S/C56H44/c1-53-37-54(2)40-55(38-53,51-33-47(27-23-43-15-7-3-8-16-43)31-48(34-51)28-24-44-17-9-4-10-18-44)42-56(39-53,41-54)52-35-49(29-25-45-19-11-5-12-20-45)32-50(36-52)30-26-46-21-13-6-14-22-46/h3-22,31-36H,37-42H2,1-2H3. The molecule has 268 valence electrons. The summed E-state index contributed by atoms with van der Waals surface area (Å²) in [6, 6.07) is 55.1. The van der Waals surface area contributed by atoms with Gasteiger partial charge in [0.1, 0.15) is 0 Å². The molecule has 0 spiro atoms. The molecule has 6 aromatic carbocycles. The van der Waals surface area contributed by atoms with Gasteiger partial charge in [-0.15, -0.1) is 0 Å². The Morgan fingerprint density at radius 2 is 0.536 bits per heavy atom. The van der Waals surface area contributed by atoms with Gasteiger partial charge >= 0.3 is 0 Å². The lowest BCUT2D eigenvalue weighted by Crippen LogP contribution is -2.62. The topological polar surface area (TPSA) is 0 Å². The van der Waals surface area contributed by atoms with Crippen molar-refractivity contribution in [2.24, 2.45) is 10.8 Å². The number of hydrogen-bond acceptors (Lipinski definition) is 0. The van der Waals surface area contributed by atoms with Crippen molar-refractivity contribution in [3.05, 3.63) is 213 Å². The highest BCUT2D eigenvalue weighted by atomic mass is 14.7. The van der Waals surface area contributed by atoms with Crippen molar-refractivity contribution in [2.45, 2.75) is 63.2 Å². The van der Waals surface area contributed by atoms with E-state index >= 15 is 0 Å². The minimum absolute atomic E-state index is 0.00648. The molecular formula is C56H44. The molecule has 4 aliphatic carbocycles. The van der Waals surface area contributed by atoms with E-state index in [1.807, 2.05) is 72.8 Å². The zero-order chi connectivity index (χ0) is 38.1. The van der Waals surface area contributed by atoms with Crippen LogP contribution < -0.4 is 0 Å². The molecule has 0 nitrogen and oxygen atoms in total. The van der Waals surface area contributed by atoms with Crippen LogP contribution in [-0.2, 0) is 10.8 Å². The summed E-state index contributed by atoms with van der Waals surface area (Å²) in [6.07, 6.45) is 7.04. The molecule has 0 radical (unpaired) electrons. The molecule has 0 N–H and O–H groups in total. The summed E-state index contributed by atoms with van der Waals surface area (Å²) in [7, 11) is 0. The quantitative estimate of drug-likeness (QED) is 0.157. The second-order valence-electron chi connectivity index (χ2n) is 17.3. The maximum absolute atomic E-state index is 3.55. The van der Waals surface area contributed by atoms with Crippen LogP contribution in [0.3, 0.4) is 0 Å². The van der Waals surface area contributed by atoms with Crippen LogP contribution in [0.15, 0.2) is 158 Å². The molecule has 4 fully saturated rings. The van der Waals surface area contributed by atoms with Crippen LogP contribution in [0.1, 0.15) is 108 Å². The zero-order valence-corrected chi connectivity index (χ0v) is 32.3. The largest absolute Gasteiger partial charge is 0.0622 e. The fraction of sp³-hybridized carbons (Fsp3) is 0.214. The molecule has 0 saturated heterocycles. The smallest absolute Gasteiger partial charge is 0.0264 e. The van der Waals surface area contributed by atoms with Crippen molar-refractivity contribution in [1.29, 1.82) is 0 Å². The van der Waals surface area contributed by atoms with E-state index in [2.05, 4.69) is 146 Å². The SMILES string of the molecule is CC12CC3(C)CC(c4cc(C#Cc5ccccc5)cc(C#Cc5ccccc5)c4)(C1)CC(c1cc(C#Cc4ccccc4)cc(C#Cc4ccccc4)c1)(C2)C3. The fourth-order valence-corrected chi connectivity index (χ4v) is 11.1. The highest BCUT2D eigenvalue weighted by Crippen LogP contribution is 2.74. The third-order valence-corrected chi connectivity index (χ3v) is 12.2. The molecular weight excluding hydrogens is 673 g/mol. The van der Waals surface area contributed by atoms with Gasteiger partial charge in [0.25, 0.3) is 0 Å². The van der Waals surface area contributed by atoms with Crippen LogP contribution in [0, 0.1) is 58.2 Å². The fourth-order valence-electron chi connectivity index (χ4n) is 11.1. The Labute approximate surface area is 333 Å². The van der Waals surface area contributed by atoms with Gasteiger partial charge in [-0.25, -0.2) is 0 Å². The van der Waals surface area contributed by atoms with Crippen LogP contribution in [-0.4, -0.2) is 0 Å². The molecule has 0 atom stereocenters. The Morgan fingerprint density at radius 3 is 0.804 bits per heavy atom. The van der Waals surface area contributed by atoms with E-state index in [1.165, 1.54) is 43.2 Å². The summed E-state index contributed by atoms with van der Waals surface area (Å²) >= 11 is 0. The van der Waals surface area contributed by atoms with Crippen LogP contribution in [0.2, 0.25) is 0 Å². The monoisotopic (exact) mass is 716 g/mol. The minimum Gasteiger partial charge on any atom is -0.0622 e. The Bertz CT molecular complexity index is 2320. The van der Waals surface area contributed by atoms with Crippen molar-refractivity contribution in [3.8, 4) is 47.4 Å². The highest BCUT2D eigenvalue weighted by molar-refractivity contribution is 5.56. The normalized spacial score (nSPS) is 23.9. The van der Waals surface area contributed by atoms with Gasteiger partial charge in [-0.3, -0.25) is 0 Å². The van der Waals surface area contributed by atoms with E-state index in [9.17, 15) is 0 Å². The lowest BCUT2D eigenvalue weighted by molar-refractivity contribution is -0.126. The Balaban J connectivity index is 1.18. The van der Waals surface area contributed by atoms with Crippen LogP contribution in [0.4, 0.5) is 0 Å². The second kappa shape index (κ2) is 14.3. The Hall–Kier alpha value is -6.44. The molecule has 0 heterocycles. The Morgan fingerprint density at radius 1 is 0.286 bits per heavy atom. The predicted octanol–water partition coefficient (Wildman–Crippen LogP) is 11.9. The van der Waals surface area contributed by atoms with Crippen LogP contribution in [0.5, 0.6) is 0 Å². The van der Waals surface area contributed by atoms with Gasteiger partial charge < -0.3 is 0 Å². The minimum atomic E-state index is -0.00648. The van der Waals surface area contributed by atoms with E-state index in [1.54, 1.807) is 0 Å².